The minimum Gasteiger partial charge on any atom is -0.478 e. The van der Waals surface area contributed by atoms with Crippen LogP contribution in [0.2, 0.25) is 0 Å². The maximum absolute atomic E-state index is 12.2. The fraction of sp³-hybridized carbons (Fsp3) is 0.368. The van der Waals surface area contributed by atoms with Crippen molar-refractivity contribution >= 4 is 5.91 Å². The fourth-order valence-corrected chi connectivity index (χ4v) is 2.29. The van der Waals surface area contributed by atoms with Crippen LogP contribution in [-0.4, -0.2) is 36.0 Å². The minimum atomic E-state index is -0.137. The van der Waals surface area contributed by atoms with Crippen LogP contribution in [0.25, 0.3) is 0 Å². The van der Waals surface area contributed by atoms with Gasteiger partial charge in [-0.05, 0) is 37.7 Å². The van der Waals surface area contributed by atoms with Gasteiger partial charge in [0.05, 0.1) is 12.2 Å². The lowest BCUT2D eigenvalue weighted by atomic mass is 10.1. The summed E-state index contributed by atoms with van der Waals surface area (Å²) < 4.78 is 5.28. The molecule has 0 saturated carbocycles. The largest absolute Gasteiger partial charge is 0.478 e. The van der Waals surface area contributed by atoms with Crippen molar-refractivity contribution in [2.45, 2.75) is 26.9 Å². The highest BCUT2D eigenvalue weighted by atomic mass is 16.5. The number of hydrogen-bond acceptors (Lipinski definition) is 4. The van der Waals surface area contributed by atoms with E-state index in [1.807, 2.05) is 19.1 Å². The first-order valence-corrected chi connectivity index (χ1v) is 8.25. The Morgan fingerprint density at radius 1 is 1.21 bits per heavy atom. The molecule has 0 aliphatic carbocycles. The maximum atomic E-state index is 12.2. The Morgan fingerprint density at radius 3 is 2.67 bits per heavy atom. The second-order valence-corrected chi connectivity index (χ2v) is 5.65. The van der Waals surface area contributed by atoms with Gasteiger partial charge in [-0.2, -0.15) is 0 Å². The molecule has 0 aliphatic heterocycles. The Kier molecular flexibility index (Phi) is 6.75. The summed E-state index contributed by atoms with van der Waals surface area (Å²) in [5.41, 5.74) is 2.86. The van der Waals surface area contributed by atoms with Crippen LogP contribution in [0.15, 0.2) is 42.6 Å². The molecule has 1 aromatic carbocycles. The summed E-state index contributed by atoms with van der Waals surface area (Å²) in [6.45, 7) is 6.99. The van der Waals surface area contributed by atoms with Gasteiger partial charge < -0.3 is 15.0 Å². The van der Waals surface area contributed by atoms with Gasteiger partial charge in [0.1, 0.15) is 0 Å². The summed E-state index contributed by atoms with van der Waals surface area (Å²) in [7, 11) is 2.09. The molecule has 1 heterocycles. The Hall–Kier alpha value is -2.40. The number of hydrogen-bond donors (Lipinski definition) is 1. The van der Waals surface area contributed by atoms with Gasteiger partial charge in [0.15, 0.2) is 0 Å². The molecule has 0 saturated heterocycles. The van der Waals surface area contributed by atoms with E-state index in [0.29, 0.717) is 24.6 Å². The lowest BCUT2D eigenvalue weighted by molar-refractivity contribution is 0.0950. The number of carbonyl (C=O) groups is 1. The molecular formula is C19H25N3O2. The molecule has 5 heteroatoms. The summed E-state index contributed by atoms with van der Waals surface area (Å²) in [5, 5.41) is 2.93. The Morgan fingerprint density at radius 2 is 2.00 bits per heavy atom. The molecule has 0 fully saturated rings. The summed E-state index contributed by atoms with van der Waals surface area (Å²) in [5.74, 6) is 0.392. The van der Waals surface area contributed by atoms with Crippen molar-refractivity contribution in [2.75, 3.05) is 20.2 Å². The first-order chi connectivity index (χ1) is 11.6. The predicted octanol–water partition coefficient (Wildman–Crippen LogP) is 2.86. The number of nitrogens with one attached hydrogen (secondary N) is 1. The van der Waals surface area contributed by atoms with Crippen molar-refractivity contribution in [2.24, 2.45) is 0 Å². The normalized spacial score (nSPS) is 10.7. The van der Waals surface area contributed by atoms with Crippen molar-refractivity contribution in [3.63, 3.8) is 0 Å². The van der Waals surface area contributed by atoms with Crippen molar-refractivity contribution in [1.29, 1.82) is 0 Å². The van der Waals surface area contributed by atoms with E-state index in [9.17, 15) is 4.79 Å². The second-order valence-electron chi connectivity index (χ2n) is 5.65. The lowest BCUT2D eigenvalue weighted by Crippen LogP contribution is -2.23. The number of amides is 1. The van der Waals surface area contributed by atoms with Crippen molar-refractivity contribution in [1.82, 2.24) is 15.2 Å². The van der Waals surface area contributed by atoms with E-state index in [-0.39, 0.29) is 5.91 Å². The van der Waals surface area contributed by atoms with Gasteiger partial charge in [0.25, 0.3) is 5.91 Å². The lowest BCUT2D eigenvalue weighted by Gasteiger charge is -2.14. The van der Waals surface area contributed by atoms with Crippen molar-refractivity contribution in [3.05, 3.63) is 59.3 Å². The van der Waals surface area contributed by atoms with E-state index in [1.54, 1.807) is 12.1 Å². The highest BCUT2D eigenvalue weighted by molar-refractivity contribution is 5.93. The first kappa shape index (κ1) is 17.9. The monoisotopic (exact) mass is 327 g/mol. The van der Waals surface area contributed by atoms with Gasteiger partial charge in [-0.1, -0.05) is 31.2 Å². The first-order valence-electron chi connectivity index (χ1n) is 8.25. The molecule has 2 rings (SSSR count). The molecule has 2 aromatic rings. The topological polar surface area (TPSA) is 54.5 Å². The molecule has 5 nitrogen and oxygen atoms in total. The van der Waals surface area contributed by atoms with Crippen LogP contribution in [-0.2, 0) is 13.1 Å². The summed E-state index contributed by atoms with van der Waals surface area (Å²) in [6, 6.07) is 11.7. The Bertz CT molecular complexity index is 656. The van der Waals surface area contributed by atoms with Crippen LogP contribution < -0.4 is 10.1 Å². The van der Waals surface area contributed by atoms with Gasteiger partial charge in [0.2, 0.25) is 5.88 Å². The molecule has 24 heavy (non-hydrogen) atoms. The van der Waals surface area contributed by atoms with Crippen LogP contribution in [0.4, 0.5) is 0 Å². The van der Waals surface area contributed by atoms with Crippen molar-refractivity contribution < 1.29 is 9.53 Å². The number of aromatic nitrogens is 1. The van der Waals surface area contributed by atoms with Crippen LogP contribution in [0.5, 0.6) is 5.88 Å². The molecule has 0 aliphatic rings. The smallest absolute Gasteiger partial charge is 0.253 e. The fourth-order valence-electron chi connectivity index (χ4n) is 2.29. The number of ether oxygens (including phenoxy) is 1. The summed E-state index contributed by atoms with van der Waals surface area (Å²) >= 11 is 0. The molecule has 1 amide bonds. The maximum Gasteiger partial charge on any atom is 0.253 e. The highest BCUT2D eigenvalue weighted by Gasteiger charge is 2.07. The van der Waals surface area contributed by atoms with Gasteiger partial charge in [-0.3, -0.25) is 4.79 Å². The quantitative estimate of drug-likeness (QED) is 0.810. The zero-order valence-corrected chi connectivity index (χ0v) is 14.6. The second kappa shape index (κ2) is 9.03. The van der Waals surface area contributed by atoms with Crippen LogP contribution in [0.3, 0.4) is 0 Å². The number of benzene rings is 1. The average Bonchev–Trinajstić information content (AvgIpc) is 2.61. The van der Waals surface area contributed by atoms with E-state index in [4.69, 9.17) is 4.74 Å². The van der Waals surface area contributed by atoms with E-state index in [0.717, 1.165) is 18.7 Å². The summed E-state index contributed by atoms with van der Waals surface area (Å²) in [6.07, 6.45) is 1.53. The van der Waals surface area contributed by atoms with E-state index in [2.05, 4.69) is 41.3 Å². The number of carbonyl (C=O) groups excluding carboxylic acids is 1. The zero-order valence-electron chi connectivity index (χ0n) is 14.6. The van der Waals surface area contributed by atoms with Gasteiger partial charge in [0, 0.05) is 25.4 Å². The van der Waals surface area contributed by atoms with E-state index in [1.165, 1.54) is 11.8 Å². The van der Waals surface area contributed by atoms with Crippen LogP contribution >= 0.6 is 0 Å². The molecular weight excluding hydrogens is 302 g/mol. The standard InChI is InChI=1S/C19H25N3O2/c1-4-22(3)14-16-8-6-7-15(11-16)12-21-19(23)17-9-10-18(20-13-17)24-5-2/h6-11,13H,4-5,12,14H2,1-3H3,(H,21,23). The average molecular weight is 327 g/mol. The van der Waals surface area contributed by atoms with Gasteiger partial charge in [-0.25, -0.2) is 4.98 Å². The molecule has 1 N–H and O–H groups in total. The molecule has 1 aromatic heterocycles. The highest BCUT2D eigenvalue weighted by Crippen LogP contribution is 2.09. The van der Waals surface area contributed by atoms with Crippen molar-refractivity contribution in [3.8, 4) is 5.88 Å². The number of rotatable bonds is 8. The number of nitrogens with zero attached hydrogens (tertiary/aromatic N) is 2. The van der Waals surface area contributed by atoms with Gasteiger partial charge in [-0.15, -0.1) is 0 Å². The molecule has 0 radical (unpaired) electrons. The Balaban J connectivity index is 1.92. The van der Waals surface area contributed by atoms with Gasteiger partial charge >= 0.3 is 0 Å². The molecule has 0 unspecified atom stereocenters. The Labute approximate surface area is 143 Å². The predicted molar refractivity (Wildman–Crippen MR) is 95.0 cm³/mol. The van der Waals surface area contributed by atoms with Crippen LogP contribution in [0.1, 0.15) is 35.3 Å². The van der Waals surface area contributed by atoms with E-state index < -0.39 is 0 Å². The molecule has 0 spiro atoms. The third kappa shape index (κ3) is 5.35. The zero-order chi connectivity index (χ0) is 17.4. The molecule has 0 atom stereocenters. The SMILES string of the molecule is CCOc1ccc(C(=O)NCc2cccc(CN(C)CC)c2)cn1. The third-order valence-electron chi connectivity index (χ3n) is 3.73. The van der Waals surface area contributed by atoms with E-state index >= 15 is 0 Å². The minimum absolute atomic E-state index is 0.137. The van der Waals surface area contributed by atoms with Crippen LogP contribution in [0, 0.1) is 0 Å². The summed E-state index contributed by atoms with van der Waals surface area (Å²) in [4.78, 5) is 18.5. The molecule has 0 bridgehead atoms. The number of pyridine rings is 1. The molecule has 128 valence electrons. The third-order valence-corrected chi connectivity index (χ3v) is 3.73.